The van der Waals surface area contributed by atoms with E-state index in [4.69, 9.17) is 4.52 Å². The Morgan fingerprint density at radius 3 is 2.67 bits per heavy atom. The number of aryl methyl sites for hydroxylation is 1. The number of pyridine rings is 1. The number of imidazole rings is 1. The fourth-order valence-corrected chi connectivity index (χ4v) is 3.93. The fraction of sp³-hybridized carbons (Fsp3) is 0.111. The highest BCUT2D eigenvalue weighted by atomic mass is 19.1. The summed E-state index contributed by atoms with van der Waals surface area (Å²) in [5.41, 5.74) is 2.45. The molecular formula is C27H21F2N7O3. The molecule has 0 unspecified atom stereocenters. The lowest BCUT2D eigenvalue weighted by molar-refractivity contribution is -0.111. The Morgan fingerprint density at radius 2 is 1.92 bits per heavy atom. The van der Waals surface area contributed by atoms with E-state index in [9.17, 15) is 14.0 Å². The summed E-state index contributed by atoms with van der Waals surface area (Å²) in [5, 5.41) is 8.64. The zero-order chi connectivity index (χ0) is 27.5. The number of H-pyrrole nitrogens is 1. The number of amides is 2. The molecule has 0 fully saturated rings. The van der Waals surface area contributed by atoms with Gasteiger partial charge in [0.05, 0.1) is 5.69 Å². The molecule has 3 heterocycles. The third kappa shape index (κ3) is 5.25. The smallest absolute Gasteiger partial charge is 0.315 e. The van der Waals surface area contributed by atoms with Gasteiger partial charge < -0.3 is 20.1 Å². The summed E-state index contributed by atoms with van der Waals surface area (Å²) in [4.78, 5) is 40.0. The first kappa shape index (κ1) is 25.4. The number of anilines is 1. The van der Waals surface area contributed by atoms with Crippen LogP contribution in [0.1, 0.15) is 29.0 Å². The molecule has 0 aliphatic carbocycles. The normalized spacial score (nSPS) is 11.3. The molecule has 0 aliphatic heterocycles. The first-order valence-corrected chi connectivity index (χ1v) is 11.8. The molecule has 0 saturated heterocycles. The summed E-state index contributed by atoms with van der Waals surface area (Å²) < 4.78 is 34.5. The molecule has 3 aromatic heterocycles. The standard InChI is InChI=1S/C27H21F2N7O3/c1-3-5-21(37)33-22-18(6-4-7-19(22)28)24-34-23-17(10-11-30-25(23)35-24)15-8-9-16(20(29)12-15)13-31-26(38)27-32-14(2)36-39-27/h3-12H,13H2,1-2H3,(H,31,38)(H,33,37)(H,30,34,35)/b5-3+. The average Bonchev–Trinajstić information content (AvgIpc) is 3.55. The zero-order valence-corrected chi connectivity index (χ0v) is 20.8. The summed E-state index contributed by atoms with van der Waals surface area (Å²) in [6.45, 7) is 3.17. The van der Waals surface area contributed by atoms with Crippen molar-refractivity contribution in [2.45, 2.75) is 20.4 Å². The minimum absolute atomic E-state index is 0.0330. The predicted octanol–water partition coefficient (Wildman–Crippen LogP) is 4.71. The molecule has 3 N–H and O–H groups in total. The number of nitrogens with one attached hydrogen (secondary N) is 3. The first-order chi connectivity index (χ1) is 18.8. The van der Waals surface area contributed by atoms with Crippen LogP contribution >= 0.6 is 0 Å². The van der Waals surface area contributed by atoms with Crippen molar-refractivity contribution in [3.8, 4) is 22.5 Å². The zero-order valence-electron chi connectivity index (χ0n) is 20.8. The van der Waals surface area contributed by atoms with E-state index < -0.39 is 23.4 Å². The summed E-state index contributed by atoms with van der Waals surface area (Å²) in [6.07, 6.45) is 4.36. The fourth-order valence-electron chi connectivity index (χ4n) is 3.93. The van der Waals surface area contributed by atoms with Crippen molar-refractivity contribution in [2.75, 3.05) is 5.32 Å². The Balaban J connectivity index is 1.44. The van der Waals surface area contributed by atoms with Gasteiger partial charge in [-0.2, -0.15) is 4.98 Å². The van der Waals surface area contributed by atoms with Crippen LogP contribution in [0.2, 0.25) is 0 Å². The van der Waals surface area contributed by atoms with Crippen LogP contribution in [0.5, 0.6) is 0 Å². The summed E-state index contributed by atoms with van der Waals surface area (Å²) in [5.74, 6) is -1.90. The second kappa shape index (κ2) is 10.6. The van der Waals surface area contributed by atoms with Crippen molar-refractivity contribution in [2.24, 2.45) is 0 Å². The first-order valence-electron chi connectivity index (χ1n) is 11.8. The number of hydrogen-bond donors (Lipinski definition) is 3. The number of hydrogen-bond acceptors (Lipinski definition) is 7. The van der Waals surface area contributed by atoms with E-state index in [0.717, 1.165) is 0 Å². The molecule has 12 heteroatoms. The van der Waals surface area contributed by atoms with Gasteiger partial charge in [-0.3, -0.25) is 9.59 Å². The molecule has 0 bridgehead atoms. The van der Waals surface area contributed by atoms with Gasteiger partial charge in [0.1, 0.15) is 23.0 Å². The van der Waals surface area contributed by atoms with E-state index in [-0.39, 0.29) is 29.5 Å². The van der Waals surface area contributed by atoms with Crippen molar-refractivity contribution in [3.63, 3.8) is 0 Å². The van der Waals surface area contributed by atoms with Crippen LogP contribution in [-0.2, 0) is 11.3 Å². The van der Waals surface area contributed by atoms with Crippen molar-refractivity contribution in [1.29, 1.82) is 0 Å². The van der Waals surface area contributed by atoms with Gasteiger partial charge in [0.2, 0.25) is 5.91 Å². The van der Waals surface area contributed by atoms with Crippen LogP contribution in [0.25, 0.3) is 33.7 Å². The van der Waals surface area contributed by atoms with Crippen LogP contribution in [0, 0.1) is 18.6 Å². The second-order valence-electron chi connectivity index (χ2n) is 8.43. The van der Waals surface area contributed by atoms with Crippen LogP contribution in [0.3, 0.4) is 0 Å². The van der Waals surface area contributed by atoms with Crippen LogP contribution in [0.15, 0.2) is 65.3 Å². The Kier molecular flexibility index (Phi) is 6.91. The number of fused-ring (bicyclic) bond motifs is 1. The van der Waals surface area contributed by atoms with Gasteiger partial charge in [-0.1, -0.05) is 29.4 Å². The summed E-state index contributed by atoms with van der Waals surface area (Å²) >= 11 is 0. The van der Waals surface area contributed by atoms with Crippen LogP contribution in [-0.4, -0.2) is 36.9 Å². The van der Waals surface area contributed by atoms with Crippen molar-refractivity contribution in [3.05, 3.63) is 89.7 Å². The van der Waals surface area contributed by atoms with Gasteiger partial charge in [-0.05, 0) is 49.8 Å². The minimum atomic E-state index is -0.627. The summed E-state index contributed by atoms with van der Waals surface area (Å²) in [6, 6.07) is 10.6. The third-order valence-electron chi connectivity index (χ3n) is 5.74. The number of halogens is 2. The van der Waals surface area contributed by atoms with E-state index >= 15 is 4.39 Å². The molecule has 0 radical (unpaired) electrons. The van der Waals surface area contributed by atoms with E-state index in [2.05, 4.69) is 35.7 Å². The Bertz CT molecular complexity index is 1740. The highest BCUT2D eigenvalue weighted by molar-refractivity contribution is 6.02. The summed E-state index contributed by atoms with van der Waals surface area (Å²) in [7, 11) is 0. The number of carbonyl (C=O) groups is 2. The molecule has 39 heavy (non-hydrogen) atoms. The second-order valence-corrected chi connectivity index (χ2v) is 8.43. The number of rotatable bonds is 7. The number of para-hydroxylation sites is 1. The van der Waals surface area contributed by atoms with E-state index in [1.165, 1.54) is 24.3 Å². The molecule has 0 spiro atoms. The van der Waals surface area contributed by atoms with Gasteiger partial charge in [0.15, 0.2) is 11.5 Å². The molecule has 5 aromatic rings. The molecule has 0 aliphatic rings. The average molecular weight is 530 g/mol. The van der Waals surface area contributed by atoms with E-state index in [1.807, 2.05) is 0 Å². The molecule has 0 atom stereocenters. The van der Waals surface area contributed by atoms with Crippen molar-refractivity contribution in [1.82, 2.24) is 30.4 Å². The number of aromatic amines is 1. The number of aromatic nitrogens is 5. The van der Waals surface area contributed by atoms with E-state index in [1.54, 1.807) is 50.4 Å². The number of carbonyl (C=O) groups excluding carboxylic acids is 2. The molecule has 10 nitrogen and oxygen atoms in total. The molecule has 2 amide bonds. The topological polar surface area (TPSA) is 139 Å². The highest BCUT2D eigenvalue weighted by Crippen LogP contribution is 2.33. The monoisotopic (exact) mass is 529 g/mol. The van der Waals surface area contributed by atoms with Crippen molar-refractivity contribution < 1.29 is 22.9 Å². The maximum atomic E-state index is 15.0. The lowest BCUT2D eigenvalue weighted by Crippen LogP contribution is -2.23. The molecule has 0 saturated carbocycles. The number of benzene rings is 2. The molecular weight excluding hydrogens is 508 g/mol. The van der Waals surface area contributed by atoms with Gasteiger partial charge in [-0.25, -0.2) is 18.7 Å². The van der Waals surface area contributed by atoms with Gasteiger partial charge in [0.25, 0.3) is 0 Å². The predicted molar refractivity (Wildman–Crippen MR) is 138 cm³/mol. The van der Waals surface area contributed by atoms with Crippen LogP contribution < -0.4 is 10.6 Å². The highest BCUT2D eigenvalue weighted by Gasteiger charge is 2.19. The van der Waals surface area contributed by atoms with Crippen LogP contribution in [0.4, 0.5) is 14.5 Å². The lowest BCUT2D eigenvalue weighted by atomic mass is 10.0. The molecule has 196 valence electrons. The molecule has 2 aromatic carbocycles. The molecule has 5 rings (SSSR count). The van der Waals surface area contributed by atoms with Gasteiger partial charge in [-0.15, -0.1) is 0 Å². The Hall–Kier alpha value is -5.26. The largest absolute Gasteiger partial charge is 0.344 e. The number of nitrogens with zero attached hydrogens (tertiary/aromatic N) is 4. The lowest BCUT2D eigenvalue weighted by Gasteiger charge is -2.09. The quantitative estimate of drug-likeness (QED) is 0.260. The van der Waals surface area contributed by atoms with Crippen molar-refractivity contribution >= 4 is 28.7 Å². The van der Waals surface area contributed by atoms with E-state index in [0.29, 0.717) is 33.7 Å². The van der Waals surface area contributed by atoms with Gasteiger partial charge in [0, 0.05) is 29.4 Å². The minimum Gasteiger partial charge on any atom is -0.344 e. The third-order valence-corrected chi connectivity index (χ3v) is 5.74. The number of allylic oxidation sites excluding steroid dienone is 1. The van der Waals surface area contributed by atoms with Gasteiger partial charge >= 0.3 is 11.8 Å². The SMILES string of the molecule is C/C=C/C(=O)Nc1c(F)cccc1-c1nc2c(-c3ccc(CNC(=O)c4nc(C)no4)c(F)c3)ccnc2[nH]1. The maximum absolute atomic E-state index is 15.0. The Labute approximate surface area is 220 Å². The maximum Gasteiger partial charge on any atom is 0.315 e. The Morgan fingerprint density at radius 1 is 1.08 bits per heavy atom.